The molecule has 0 saturated heterocycles. The van der Waals surface area contributed by atoms with Crippen LogP contribution in [-0.2, 0) is 21.4 Å². The molecule has 4 saturated carbocycles. The monoisotopic (exact) mass is 481 g/mol. The molecule has 5 aliphatic rings. The van der Waals surface area contributed by atoms with E-state index in [4.69, 9.17) is 9.15 Å². The predicted octanol–water partition coefficient (Wildman–Crippen LogP) is 4.07. The van der Waals surface area contributed by atoms with Gasteiger partial charge in [0.25, 0.3) is 5.91 Å². The summed E-state index contributed by atoms with van der Waals surface area (Å²) in [4.78, 5) is 12.9. The third kappa shape index (κ3) is 3.73. The fourth-order valence-corrected chi connectivity index (χ4v) is 6.03. The number of hydrogen-bond donors (Lipinski definition) is 1. The second-order valence-corrected chi connectivity index (χ2v) is 10.1. The third-order valence-electron chi connectivity index (χ3n) is 7.72. The molecule has 11 heteroatoms. The van der Waals surface area contributed by atoms with E-state index < -0.39 is 18.6 Å². The summed E-state index contributed by atoms with van der Waals surface area (Å²) in [5.41, 5.74) is 0.114. The summed E-state index contributed by atoms with van der Waals surface area (Å²) in [5.74, 6) is 0.659. The fourth-order valence-electron chi connectivity index (χ4n) is 6.03. The largest absolute Gasteiger partial charge is 0.522 e. The zero-order valence-corrected chi connectivity index (χ0v) is 18.2. The highest BCUT2D eigenvalue weighted by Gasteiger charge is 2.65. The van der Waals surface area contributed by atoms with Gasteiger partial charge >= 0.3 is 6.36 Å². The lowest BCUT2D eigenvalue weighted by Crippen LogP contribution is -2.59. The Labute approximate surface area is 192 Å². The first kappa shape index (κ1) is 21.8. The lowest BCUT2D eigenvalue weighted by molar-refractivity contribution is -0.352. The Morgan fingerprint density at radius 1 is 1.18 bits per heavy atom. The van der Waals surface area contributed by atoms with Crippen molar-refractivity contribution in [1.29, 1.82) is 0 Å². The Bertz CT molecular complexity index is 1120. The van der Waals surface area contributed by atoms with Gasteiger partial charge in [0, 0.05) is 11.5 Å². The van der Waals surface area contributed by atoms with Crippen LogP contribution in [0, 0.1) is 5.82 Å². The molecule has 7 rings (SSSR count). The minimum atomic E-state index is -4.64. The molecule has 34 heavy (non-hydrogen) atoms. The summed E-state index contributed by atoms with van der Waals surface area (Å²) in [5, 5.41) is 11.4. The van der Waals surface area contributed by atoms with Gasteiger partial charge in [-0.25, -0.2) is 4.39 Å². The Kier molecular flexibility index (Phi) is 4.75. The Morgan fingerprint density at radius 2 is 1.97 bits per heavy atom. The lowest BCUT2D eigenvalue weighted by Gasteiger charge is -2.46. The van der Waals surface area contributed by atoms with Crippen molar-refractivity contribution in [2.45, 2.75) is 86.8 Å². The average Bonchev–Trinajstić information content (AvgIpc) is 3.43. The second kappa shape index (κ2) is 7.40. The maximum Gasteiger partial charge on any atom is 0.522 e. The number of benzene rings is 1. The first-order valence-corrected chi connectivity index (χ1v) is 11.5. The normalized spacial score (nSPS) is 33.9. The van der Waals surface area contributed by atoms with Crippen molar-refractivity contribution < 1.29 is 36.2 Å². The van der Waals surface area contributed by atoms with Crippen molar-refractivity contribution >= 4 is 5.91 Å². The van der Waals surface area contributed by atoms with Crippen LogP contribution in [0.1, 0.15) is 68.2 Å². The molecule has 2 heterocycles. The Morgan fingerprint density at radius 3 is 2.74 bits per heavy atom. The minimum absolute atomic E-state index is 0.179. The van der Waals surface area contributed by atoms with E-state index in [0.717, 1.165) is 18.4 Å². The highest BCUT2D eigenvalue weighted by Crippen LogP contribution is 2.62. The summed E-state index contributed by atoms with van der Waals surface area (Å²) in [7, 11) is 0. The van der Waals surface area contributed by atoms with Gasteiger partial charge in [-0.05, 0) is 75.1 Å². The molecular weight excluding hydrogens is 458 g/mol. The number of aryl methyl sites for hydroxylation is 1. The summed E-state index contributed by atoms with van der Waals surface area (Å²) in [6, 6.07) is 4.31. The fraction of sp³-hybridized carbons (Fsp3) is 0.609. The van der Waals surface area contributed by atoms with Crippen LogP contribution < -0.4 is 10.1 Å². The molecule has 1 N–H and O–H groups in total. The van der Waals surface area contributed by atoms with Crippen LogP contribution in [0.15, 0.2) is 22.6 Å². The van der Waals surface area contributed by atoms with Gasteiger partial charge in [-0.1, -0.05) is 0 Å². The zero-order valence-electron chi connectivity index (χ0n) is 18.2. The average molecular weight is 481 g/mol. The molecule has 4 aliphatic carbocycles. The standard InChI is InChI=1S/C23H23F4N3O4/c24-14-2-4-16-12(7-14)1-3-17(32-16)18(31)28-22-6-5-21(10-22,11-22)20-30-29-19(33-20)13-8-15(9-13)34-23(25,26)27/h2,4,7,13,15,17H,1,3,5-6,8-11H2,(H,28,31)/t13?,15?,17-,21?,22?/m1/s1. The molecule has 0 spiro atoms. The van der Waals surface area contributed by atoms with Gasteiger partial charge in [0.1, 0.15) is 11.6 Å². The second-order valence-electron chi connectivity index (χ2n) is 10.1. The number of halogens is 4. The number of amides is 1. The quantitative estimate of drug-likeness (QED) is 0.649. The molecule has 4 fully saturated rings. The van der Waals surface area contributed by atoms with Crippen molar-refractivity contribution in [3.63, 3.8) is 0 Å². The van der Waals surface area contributed by atoms with E-state index in [1.165, 1.54) is 12.1 Å². The number of alkyl halides is 3. The van der Waals surface area contributed by atoms with Crippen LogP contribution in [0.3, 0.4) is 0 Å². The van der Waals surface area contributed by atoms with E-state index in [1.54, 1.807) is 6.07 Å². The van der Waals surface area contributed by atoms with Gasteiger partial charge in [0.15, 0.2) is 6.10 Å². The number of carbonyl (C=O) groups excluding carboxylic acids is 1. The number of ether oxygens (including phenoxy) is 2. The van der Waals surface area contributed by atoms with E-state index in [0.29, 0.717) is 43.2 Å². The van der Waals surface area contributed by atoms with Gasteiger partial charge in [-0.2, -0.15) is 0 Å². The Balaban J connectivity index is 1.05. The van der Waals surface area contributed by atoms with E-state index in [-0.39, 0.29) is 41.4 Å². The van der Waals surface area contributed by atoms with Crippen LogP contribution in [0.5, 0.6) is 5.75 Å². The first-order valence-electron chi connectivity index (χ1n) is 11.5. The molecule has 0 radical (unpaired) electrons. The van der Waals surface area contributed by atoms with Crippen LogP contribution in [0.2, 0.25) is 0 Å². The lowest BCUT2D eigenvalue weighted by atomic mass is 9.65. The van der Waals surface area contributed by atoms with Crippen LogP contribution >= 0.6 is 0 Å². The third-order valence-corrected chi connectivity index (χ3v) is 7.72. The van der Waals surface area contributed by atoms with Gasteiger partial charge in [-0.3, -0.25) is 9.53 Å². The molecule has 2 aromatic rings. The van der Waals surface area contributed by atoms with Crippen LogP contribution in [0.4, 0.5) is 17.6 Å². The SMILES string of the molecule is O=C(NC12CCC(c3nnc(C4CC(OC(F)(F)F)C4)o3)(C1)C2)[C@H]1CCc2cc(F)ccc2O1. The van der Waals surface area contributed by atoms with Crippen molar-refractivity contribution in [1.82, 2.24) is 15.5 Å². The van der Waals surface area contributed by atoms with Crippen molar-refractivity contribution in [2.75, 3.05) is 0 Å². The van der Waals surface area contributed by atoms with Crippen molar-refractivity contribution in [2.24, 2.45) is 0 Å². The number of nitrogens with zero attached hydrogens (tertiary/aromatic N) is 2. The smallest absolute Gasteiger partial charge is 0.480 e. The summed E-state index contributed by atoms with van der Waals surface area (Å²) < 4.78 is 66.1. The van der Waals surface area contributed by atoms with Crippen LogP contribution in [0.25, 0.3) is 0 Å². The molecule has 182 valence electrons. The summed E-state index contributed by atoms with van der Waals surface area (Å²) in [6.45, 7) is 0. The number of rotatable bonds is 5. The zero-order chi connectivity index (χ0) is 23.7. The van der Waals surface area contributed by atoms with Crippen molar-refractivity contribution in [3.05, 3.63) is 41.4 Å². The minimum Gasteiger partial charge on any atom is -0.480 e. The molecule has 2 bridgehead atoms. The van der Waals surface area contributed by atoms with Gasteiger partial charge in [0.2, 0.25) is 11.8 Å². The number of hydrogen-bond acceptors (Lipinski definition) is 6. The predicted molar refractivity (Wildman–Crippen MR) is 107 cm³/mol. The number of fused-ring (bicyclic) bond motifs is 2. The molecule has 7 nitrogen and oxygen atoms in total. The summed E-state index contributed by atoms with van der Waals surface area (Å²) >= 11 is 0. The highest BCUT2D eigenvalue weighted by molar-refractivity contribution is 5.82. The van der Waals surface area contributed by atoms with E-state index in [1.807, 2.05) is 0 Å². The number of aromatic nitrogens is 2. The maximum absolute atomic E-state index is 13.4. The topological polar surface area (TPSA) is 86.5 Å². The van der Waals surface area contributed by atoms with Gasteiger partial charge < -0.3 is 14.5 Å². The number of carbonyl (C=O) groups is 1. The highest BCUT2D eigenvalue weighted by atomic mass is 19.4. The summed E-state index contributed by atoms with van der Waals surface area (Å²) in [6.07, 6.45) is -1.77. The molecule has 1 aromatic carbocycles. The molecule has 1 amide bonds. The first-order chi connectivity index (χ1) is 16.1. The molecule has 0 unspecified atom stereocenters. The maximum atomic E-state index is 13.4. The number of nitrogens with one attached hydrogen (secondary N) is 1. The van der Waals surface area contributed by atoms with Gasteiger partial charge in [-0.15, -0.1) is 23.4 Å². The van der Waals surface area contributed by atoms with E-state index in [2.05, 4.69) is 20.3 Å². The van der Waals surface area contributed by atoms with E-state index in [9.17, 15) is 22.4 Å². The molecule has 1 aromatic heterocycles. The van der Waals surface area contributed by atoms with Gasteiger partial charge in [0.05, 0.1) is 11.5 Å². The molecule has 1 atom stereocenters. The van der Waals surface area contributed by atoms with E-state index >= 15 is 0 Å². The molecular formula is C23H23F4N3O4. The van der Waals surface area contributed by atoms with Crippen LogP contribution in [-0.4, -0.2) is 40.2 Å². The molecule has 1 aliphatic heterocycles. The van der Waals surface area contributed by atoms with Crippen molar-refractivity contribution in [3.8, 4) is 5.75 Å². The Hall–Kier alpha value is -2.69.